The Hall–Kier alpha value is -3.99. The van der Waals surface area contributed by atoms with Crippen LogP contribution in [0.25, 0.3) is 0 Å². The van der Waals surface area contributed by atoms with Gasteiger partial charge in [0.15, 0.2) is 0 Å². The van der Waals surface area contributed by atoms with Crippen LogP contribution in [-0.4, -0.2) is 80.8 Å². The highest BCUT2D eigenvalue weighted by atomic mass is 16.2. The lowest BCUT2D eigenvalue weighted by molar-refractivity contribution is -0.120. The largest absolute Gasteiger partial charge is 0.372 e. The Morgan fingerprint density at radius 2 is 1.73 bits per heavy atom. The Kier molecular flexibility index (Phi) is 22.6. The van der Waals surface area contributed by atoms with E-state index in [1.165, 1.54) is 5.56 Å². The van der Waals surface area contributed by atoms with Crippen molar-refractivity contribution in [2.24, 2.45) is 10.7 Å². The van der Waals surface area contributed by atoms with Gasteiger partial charge in [-0.2, -0.15) is 0 Å². The van der Waals surface area contributed by atoms with Gasteiger partial charge in [-0.05, 0) is 70.5 Å². The number of primary amides is 1. The third-order valence-corrected chi connectivity index (χ3v) is 5.32. The lowest BCUT2D eigenvalue weighted by Crippen LogP contribution is -2.39. The van der Waals surface area contributed by atoms with E-state index in [1.54, 1.807) is 18.5 Å². The maximum absolute atomic E-state index is 13.0. The molecule has 0 saturated carbocycles. The average molecular weight is 571 g/mol. The van der Waals surface area contributed by atoms with Gasteiger partial charge in [0.1, 0.15) is 11.7 Å². The van der Waals surface area contributed by atoms with Gasteiger partial charge in [-0.25, -0.2) is 0 Å². The Balaban J connectivity index is 0.00000509. The Labute approximate surface area is 245 Å². The van der Waals surface area contributed by atoms with Crippen molar-refractivity contribution < 1.29 is 14.4 Å². The van der Waals surface area contributed by atoms with Crippen molar-refractivity contribution in [2.75, 3.05) is 46.8 Å². The molecule has 0 spiro atoms. The van der Waals surface area contributed by atoms with Crippen LogP contribution in [0, 0.1) is 0 Å². The number of hydrogen-bond donors (Lipinski definition) is 5. The van der Waals surface area contributed by atoms with Gasteiger partial charge < -0.3 is 31.9 Å². The van der Waals surface area contributed by atoms with Crippen LogP contribution in [0.5, 0.6) is 0 Å². The molecule has 3 amide bonds. The van der Waals surface area contributed by atoms with E-state index in [0.717, 1.165) is 38.2 Å². The molecule has 0 radical (unpaired) electrons. The zero-order chi connectivity index (χ0) is 30.7. The number of rotatable bonds is 18. The molecule has 1 aromatic heterocycles. The fraction of sp³-hybridized carbons (Fsp3) is 0.500. The molecule has 41 heavy (non-hydrogen) atoms. The lowest BCUT2D eigenvalue weighted by atomic mass is 10.2. The fourth-order valence-electron chi connectivity index (χ4n) is 3.34. The van der Waals surface area contributed by atoms with Gasteiger partial charge in [0, 0.05) is 51.5 Å². The lowest BCUT2D eigenvalue weighted by Gasteiger charge is -2.18. The number of carbonyl (C=O) groups excluding carboxylic acids is 3. The predicted octanol–water partition coefficient (Wildman–Crippen LogP) is 2.04. The van der Waals surface area contributed by atoms with E-state index in [1.807, 2.05) is 50.2 Å². The third-order valence-electron chi connectivity index (χ3n) is 5.32. The number of aliphatic imine (C=N–C) groups is 1. The summed E-state index contributed by atoms with van der Waals surface area (Å²) < 4.78 is 0. The van der Waals surface area contributed by atoms with E-state index in [0.29, 0.717) is 43.9 Å². The Morgan fingerprint density at radius 3 is 2.34 bits per heavy atom. The molecule has 0 aliphatic rings. The number of amidine groups is 1. The molecule has 0 aliphatic heterocycles. The summed E-state index contributed by atoms with van der Waals surface area (Å²) in [6.07, 6.45) is 15.1. The van der Waals surface area contributed by atoms with Crippen molar-refractivity contribution in [2.45, 2.75) is 52.9 Å². The topological polar surface area (TPSA) is 154 Å². The molecule has 11 heteroatoms. The molecule has 11 nitrogen and oxygen atoms in total. The first kappa shape index (κ1) is 37.0. The van der Waals surface area contributed by atoms with Crippen LogP contribution in [0.3, 0.4) is 0 Å². The highest BCUT2D eigenvalue weighted by molar-refractivity contribution is 6.21. The number of amides is 3. The molecule has 1 aromatic rings. The fourth-order valence-corrected chi connectivity index (χ4v) is 3.34. The summed E-state index contributed by atoms with van der Waals surface area (Å²) in [4.78, 5) is 44.3. The van der Waals surface area contributed by atoms with Gasteiger partial charge in [-0.15, -0.1) is 0 Å². The van der Waals surface area contributed by atoms with Crippen molar-refractivity contribution in [3.63, 3.8) is 0 Å². The zero-order valence-corrected chi connectivity index (χ0v) is 25.4. The van der Waals surface area contributed by atoms with Gasteiger partial charge in [-0.3, -0.25) is 24.4 Å². The molecule has 0 aromatic carbocycles. The zero-order valence-electron chi connectivity index (χ0n) is 25.4. The van der Waals surface area contributed by atoms with E-state index < -0.39 is 0 Å². The van der Waals surface area contributed by atoms with Gasteiger partial charge in [0.05, 0.1) is 5.57 Å². The molecule has 0 atom stereocenters. The minimum Gasteiger partial charge on any atom is -0.372 e. The first-order chi connectivity index (χ1) is 19.8. The van der Waals surface area contributed by atoms with Crippen molar-refractivity contribution in [1.29, 1.82) is 0 Å². The number of likely N-dealkylation sites (N-methyl/N-ethyl adjacent to an activating group) is 1. The number of allylic oxidation sites excluding steroid dienone is 2. The van der Waals surface area contributed by atoms with Crippen LogP contribution in [0.4, 0.5) is 0 Å². The SMILES string of the molecule is C/C=C(/C(=O)NCCCNC(=O)C/C=C/CN(C)C)C(=NCCC)N/C(=C\CC)NCCc1ccncc1.NC=O. The third kappa shape index (κ3) is 19.7. The second kappa shape index (κ2) is 25.0. The number of pyridine rings is 1. The summed E-state index contributed by atoms with van der Waals surface area (Å²) in [6, 6.07) is 4.01. The second-order valence-electron chi connectivity index (χ2n) is 9.15. The molecular formula is C30H50N8O3. The molecule has 6 N–H and O–H groups in total. The molecule has 0 bridgehead atoms. The molecule has 228 valence electrons. The highest BCUT2D eigenvalue weighted by Crippen LogP contribution is 2.03. The van der Waals surface area contributed by atoms with Crippen LogP contribution >= 0.6 is 0 Å². The van der Waals surface area contributed by atoms with Crippen LogP contribution in [0.1, 0.15) is 52.0 Å². The summed E-state index contributed by atoms with van der Waals surface area (Å²) in [7, 11) is 3.96. The Morgan fingerprint density at radius 1 is 1.05 bits per heavy atom. The van der Waals surface area contributed by atoms with Gasteiger partial charge in [-0.1, -0.05) is 32.1 Å². The maximum Gasteiger partial charge on any atom is 0.254 e. The highest BCUT2D eigenvalue weighted by Gasteiger charge is 2.16. The molecule has 0 unspecified atom stereocenters. The number of hydrogen-bond acceptors (Lipinski definition) is 7. The minimum atomic E-state index is -0.194. The predicted molar refractivity (Wildman–Crippen MR) is 167 cm³/mol. The minimum absolute atomic E-state index is 0.0228. The number of nitrogens with two attached hydrogens (primary N) is 1. The summed E-state index contributed by atoms with van der Waals surface area (Å²) in [6.45, 7) is 9.07. The van der Waals surface area contributed by atoms with Crippen LogP contribution < -0.4 is 27.0 Å². The monoisotopic (exact) mass is 570 g/mol. The summed E-state index contributed by atoms with van der Waals surface area (Å²) in [5, 5.41) is 12.6. The molecule has 0 aliphatic carbocycles. The number of aromatic nitrogens is 1. The normalized spacial score (nSPS) is 12.0. The van der Waals surface area contributed by atoms with Crippen molar-refractivity contribution in [1.82, 2.24) is 31.2 Å². The van der Waals surface area contributed by atoms with Crippen LogP contribution in [0.15, 0.2) is 65.2 Å². The van der Waals surface area contributed by atoms with E-state index in [4.69, 9.17) is 4.79 Å². The standard InChI is InChI=1S/C29H47N7O2.CH3NO/c1-6-12-26(31-22-16-24-14-20-30-21-15-24)35-28(33-17-7-2)25(8-3)29(38)34-19-11-18-32-27(37)13-9-10-23-36(4)5;2-1-3/h8-10,12,14-15,20-21,31H,6-7,11,13,16-19,22-23H2,1-5H3,(H,32,37)(H,33,35)(H,34,38);1H,(H2,2,3)/b10-9+,25-8+,26-12-;. The van der Waals surface area contributed by atoms with Crippen LogP contribution in [0.2, 0.25) is 0 Å². The first-order valence-corrected chi connectivity index (χ1v) is 14.1. The van der Waals surface area contributed by atoms with E-state index in [-0.39, 0.29) is 18.2 Å². The number of nitrogens with one attached hydrogen (secondary N) is 4. The van der Waals surface area contributed by atoms with E-state index in [2.05, 4.69) is 56.9 Å². The summed E-state index contributed by atoms with van der Waals surface area (Å²) in [5.74, 6) is 1.15. The quantitative estimate of drug-likeness (QED) is 0.0452. The average Bonchev–Trinajstić information content (AvgIpc) is 2.95. The molecule has 1 rings (SSSR count). The van der Waals surface area contributed by atoms with Gasteiger partial charge in [0.2, 0.25) is 12.3 Å². The number of carbonyl (C=O) groups is 3. The number of nitrogens with zero attached hydrogens (tertiary/aromatic N) is 3. The smallest absolute Gasteiger partial charge is 0.254 e. The Bertz CT molecular complexity index is 989. The molecule has 1 heterocycles. The second-order valence-corrected chi connectivity index (χ2v) is 9.15. The van der Waals surface area contributed by atoms with E-state index >= 15 is 0 Å². The first-order valence-electron chi connectivity index (χ1n) is 14.1. The molecular weight excluding hydrogens is 520 g/mol. The summed E-state index contributed by atoms with van der Waals surface area (Å²) >= 11 is 0. The van der Waals surface area contributed by atoms with Crippen molar-refractivity contribution >= 4 is 24.1 Å². The molecule has 0 saturated heterocycles. The van der Waals surface area contributed by atoms with Crippen LogP contribution in [-0.2, 0) is 20.8 Å². The summed E-state index contributed by atoms with van der Waals surface area (Å²) in [5.41, 5.74) is 5.86. The maximum atomic E-state index is 13.0. The van der Waals surface area contributed by atoms with E-state index in [9.17, 15) is 9.59 Å². The van der Waals surface area contributed by atoms with Gasteiger partial charge in [0.25, 0.3) is 5.91 Å². The van der Waals surface area contributed by atoms with Gasteiger partial charge >= 0.3 is 0 Å². The van der Waals surface area contributed by atoms with Crippen molar-refractivity contribution in [3.05, 3.63) is 65.8 Å². The van der Waals surface area contributed by atoms with Crippen molar-refractivity contribution in [3.8, 4) is 0 Å². The molecule has 0 fully saturated rings.